The largest absolute Gasteiger partial charge is 0.497 e. The first-order valence-electron chi connectivity index (χ1n) is 11.2. The fraction of sp³-hybridized carbons (Fsp3) is 0.400. The third-order valence-corrected chi connectivity index (χ3v) is 6.21. The highest BCUT2D eigenvalue weighted by Gasteiger charge is 2.34. The standard InChI is InChI=1S/C25H30N4O3/c1-4-27(5-2)24(31)17-29-22-9-7-6-8-21(22)26-25(29)19-14-23(30)28(16-19)15-18-10-12-20(32-3)13-11-18/h6-13,19H,4-5,14-17H2,1-3H3. The summed E-state index contributed by atoms with van der Waals surface area (Å²) in [6.07, 6.45) is 0.402. The molecule has 1 aliphatic heterocycles. The van der Waals surface area contributed by atoms with E-state index in [0.29, 0.717) is 32.6 Å². The monoisotopic (exact) mass is 434 g/mol. The number of carbonyl (C=O) groups excluding carboxylic acids is 2. The first kappa shape index (κ1) is 21.9. The number of rotatable bonds is 8. The van der Waals surface area contributed by atoms with Gasteiger partial charge < -0.3 is 19.1 Å². The Morgan fingerprint density at radius 3 is 2.53 bits per heavy atom. The molecule has 7 heteroatoms. The number of likely N-dealkylation sites (N-methyl/N-ethyl adjacent to an activating group) is 1. The average molecular weight is 435 g/mol. The SMILES string of the molecule is CCN(CC)C(=O)Cn1c(C2CC(=O)N(Cc3ccc(OC)cc3)C2)nc2ccccc21. The average Bonchev–Trinajstić information content (AvgIpc) is 3.35. The number of hydrogen-bond donors (Lipinski definition) is 0. The maximum Gasteiger partial charge on any atom is 0.242 e. The minimum Gasteiger partial charge on any atom is -0.497 e. The predicted octanol–water partition coefficient (Wildman–Crippen LogP) is 3.43. The number of likely N-dealkylation sites (tertiary alicyclic amines) is 1. The van der Waals surface area contributed by atoms with Crippen molar-refractivity contribution in [1.29, 1.82) is 0 Å². The molecule has 2 aromatic carbocycles. The molecule has 0 aliphatic carbocycles. The summed E-state index contributed by atoms with van der Waals surface area (Å²) in [6, 6.07) is 15.6. The van der Waals surface area contributed by atoms with E-state index in [1.165, 1.54) is 0 Å². The van der Waals surface area contributed by atoms with E-state index in [2.05, 4.69) is 0 Å². The first-order chi connectivity index (χ1) is 15.5. The molecule has 32 heavy (non-hydrogen) atoms. The number of para-hydroxylation sites is 2. The van der Waals surface area contributed by atoms with Crippen molar-refractivity contribution in [3.63, 3.8) is 0 Å². The molecule has 0 bridgehead atoms. The fourth-order valence-corrected chi connectivity index (χ4v) is 4.43. The summed E-state index contributed by atoms with van der Waals surface area (Å²) >= 11 is 0. The van der Waals surface area contributed by atoms with Gasteiger partial charge in [-0.2, -0.15) is 0 Å². The summed E-state index contributed by atoms with van der Waals surface area (Å²) in [5.41, 5.74) is 2.85. The van der Waals surface area contributed by atoms with Gasteiger partial charge in [-0.1, -0.05) is 24.3 Å². The maximum absolute atomic E-state index is 12.9. The van der Waals surface area contributed by atoms with Gasteiger partial charge in [0.1, 0.15) is 18.1 Å². The number of nitrogens with zero attached hydrogens (tertiary/aromatic N) is 4. The third kappa shape index (κ3) is 4.33. The normalized spacial score (nSPS) is 16.0. The van der Waals surface area contributed by atoms with Crippen LogP contribution in [-0.4, -0.2) is 57.9 Å². The van der Waals surface area contributed by atoms with Crippen LogP contribution >= 0.6 is 0 Å². The number of ether oxygens (including phenoxy) is 1. The number of benzene rings is 2. The van der Waals surface area contributed by atoms with Gasteiger partial charge >= 0.3 is 0 Å². The summed E-state index contributed by atoms with van der Waals surface area (Å²) in [5, 5.41) is 0. The molecule has 2 heterocycles. The van der Waals surface area contributed by atoms with Crippen LogP contribution in [-0.2, 0) is 22.7 Å². The van der Waals surface area contributed by atoms with E-state index in [4.69, 9.17) is 9.72 Å². The summed E-state index contributed by atoms with van der Waals surface area (Å²) in [5.74, 6) is 1.75. The van der Waals surface area contributed by atoms with Crippen LogP contribution in [0.4, 0.5) is 0 Å². The lowest BCUT2D eigenvalue weighted by atomic mass is 10.1. The number of aromatic nitrogens is 2. The number of hydrogen-bond acceptors (Lipinski definition) is 4. The molecule has 1 aliphatic rings. The van der Waals surface area contributed by atoms with Crippen molar-refractivity contribution in [2.45, 2.75) is 39.3 Å². The third-order valence-electron chi connectivity index (χ3n) is 6.21. The topological polar surface area (TPSA) is 67.7 Å². The lowest BCUT2D eigenvalue weighted by Gasteiger charge is -2.21. The van der Waals surface area contributed by atoms with Gasteiger partial charge in [0.2, 0.25) is 11.8 Å². The van der Waals surface area contributed by atoms with Crippen LogP contribution in [0.25, 0.3) is 11.0 Å². The molecule has 1 fully saturated rings. The van der Waals surface area contributed by atoms with Gasteiger partial charge in [-0.3, -0.25) is 9.59 Å². The molecule has 0 N–H and O–H groups in total. The Kier molecular flexibility index (Phi) is 6.44. The van der Waals surface area contributed by atoms with Crippen molar-refractivity contribution >= 4 is 22.8 Å². The number of amides is 2. The Balaban J connectivity index is 1.58. The molecule has 0 spiro atoms. The van der Waals surface area contributed by atoms with Crippen LogP contribution in [0.15, 0.2) is 48.5 Å². The van der Waals surface area contributed by atoms with Crippen molar-refractivity contribution in [2.75, 3.05) is 26.7 Å². The van der Waals surface area contributed by atoms with Crippen LogP contribution in [0.1, 0.15) is 37.6 Å². The van der Waals surface area contributed by atoms with Crippen molar-refractivity contribution in [3.8, 4) is 5.75 Å². The Morgan fingerprint density at radius 2 is 1.84 bits per heavy atom. The molecule has 1 saturated heterocycles. The Morgan fingerprint density at radius 1 is 1.12 bits per heavy atom. The van der Waals surface area contributed by atoms with Crippen LogP contribution in [0.5, 0.6) is 5.75 Å². The smallest absolute Gasteiger partial charge is 0.242 e. The zero-order valence-corrected chi connectivity index (χ0v) is 19.0. The molecule has 1 unspecified atom stereocenters. The van der Waals surface area contributed by atoms with Gasteiger partial charge in [0, 0.05) is 38.5 Å². The first-order valence-corrected chi connectivity index (χ1v) is 11.2. The van der Waals surface area contributed by atoms with E-state index in [0.717, 1.165) is 28.2 Å². The van der Waals surface area contributed by atoms with Gasteiger partial charge in [-0.05, 0) is 43.7 Å². The van der Waals surface area contributed by atoms with Crippen molar-refractivity contribution in [1.82, 2.24) is 19.4 Å². The van der Waals surface area contributed by atoms with Gasteiger partial charge in [-0.25, -0.2) is 4.98 Å². The van der Waals surface area contributed by atoms with Crippen LogP contribution in [0.3, 0.4) is 0 Å². The minimum atomic E-state index is -0.0438. The lowest BCUT2D eigenvalue weighted by molar-refractivity contribution is -0.131. The molecule has 168 valence electrons. The van der Waals surface area contributed by atoms with Gasteiger partial charge in [-0.15, -0.1) is 0 Å². The van der Waals surface area contributed by atoms with Crippen LogP contribution < -0.4 is 4.74 Å². The Labute approximate surface area is 188 Å². The zero-order chi connectivity index (χ0) is 22.7. The second-order valence-corrected chi connectivity index (χ2v) is 8.13. The summed E-state index contributed by atoms with van der Waals surface area (Å²) < 4.78 is 7.22. The van der Waals surface area contributed by atoms with E-state index in [1.54, 1.807) is 7.11 Å². The molecule has 7 nitrogen and oxygen atoms in total. The quantitative estimate of drug-likeness (QED) is 0.545. The van der Waals surface area contributed by atoms with E-state index >= 15 is 0 Å². The number of fused-ring (bicyclic) bond motifs is 1. The van der Waals surface area contributed by atoms with Crippen molar-refractivity contribution < 1.29 is 14.3 Å². The highest BCUT2D eigenvalue weighted by Crippen LogP contribution is 2.31. The summed E-state index contributed by atoms with van der Waals surface area (Å²) in [6.45, 7) is 6.71. The number of imidazole rings is 1. The number of methoxy groups -OCH3 is 1. The predicted molar refractivity (Wildman–Crippen MR) is 123 cm³/mol. The molecule has 1 atom stereocenters. The molecule has 0 radical (unpaired) electrons. The summed E-state index contributed by atoms with van der Waals surface area (Å²) in [4.78, 5) is 34.3. The highest BCUT2D eigenvalue weighted by molar-refractivity contribution is 5.83. The lowest BCUT2D eigenvalue weighted by Crippen LogP contribution is -2.34. The van der Waals surface area contributed by atoms with Gasteiger partial charge in [0.25, 0.3) is 0 Å². The highest BCUT2D eigenvalue weighted by atomic mass is 16.5. The number of carbonyl (C=O) groups is 2. The maximum atomic E-state index is 12.9. The van der Waals surface area contributed by atoms with Crippen molar-refractivity contribution in [3.05, 3.63) is 59.9 Å². The van der Waals surface area contributed by atoms with Crippen molar-refractivity contribution in [2.24, 2.45) is 0 Å². The molecule has 2 amide bonds. The minimum absolute atomic E-state index is 0.0438. The van der Waals surface area contributed by atoms with Gasteiger partial charge in [0.05, 0.1) is 18.1 Å². The zero-order valence-electron chi connectivity index (χ0n) is 19.0. The van der Waals surface area contributed by atoms with E-state index in [1.807, 2.05) is 76.7 Å². The molecule has 4 rings (SSSR count). The molecule has 1 aromatic heterocycles. The molecule has 0 saturated carbocycles. The Hall–Kier alpha value is -3.35. The van der Waals surface area contributed by atoms with Gasteiger partial charge in [0.15, 0.2) is 0 Å². The second-order valence-electron chi connectivity index (χ2n) is 8.13. The molecule has 3 aromatic rings. The van der Waals surface area contributed by atoms with E-state index in [9.17, 15) is 9.59 Å². The Bertz CT molecular complexity index is 1100. The molecular weight excluding hydrogens is 404 g/mol. The van der Waals surface area contributed by atoms with E-state index < -0.39 is 0 Å². The van der Waals surface area contributed by atoms with E-state index in [-0.39, 0.29) is 24.3 Å². The van der Waals surface area contributed by atoms with Crippen LogP contribution in [0.2, 0.25) is 0 Å². The second kappa shape index (κ2) is 9.42. The molecular formula is C25H30N4O3. The summed E-state index contributed by atoms with van der Waals surface area (Å²) in [7, 11) is 1.64. The fourth-order valence-electron chi connectivity index (χ4n) is 4.43. The van der Waals surface area contributed by atoms with Crippen LogP contribution in [0, 0.1) is 0 Å².